The van der Waals surface area contributed by atoms with Crippen LogP contribution < -0.4 is 10.1 Å². The predicted octanol–water partition coefficient (Wildman–Crippen LogP) is 4.35. The van der Waals surface area contributed by atoms with Gasteiger partial charge in [0.1, 0.15) is 5.75 Å². The van der Waals surface area contributed by atoms with Crippen molar-refractivity contribution in [2.75, 3.05) is 7.11 Å². The fourth-order valence-corrected chi connectivity index (χ4v) is 3.20. The highest BCUT2D eigenvalue weighted by molar-refractivity contribution is 7.07. The molecular formula is C17H23NOS. The highest BCUT2D eigenvalue weighted by Crippen LogP contribution is 2.26. The third-order valence-corrected chi connectivity index (χ3v) is 4.24. The predicted molar refractivity (Wildman–Crippen MR) is 86.8 cm³/mol. The van der Waals surface area contributed by atoms with E-state index >= 15 is 0 Å². The van der Waals surface area contributed by atoms with Crippen molar-refractivity contribution in [1.29, 1.82) is 0 Å². The van der Waals surface area contributed by atoms with Gasteiger partial charge in [0.15, 0.2) is 0 Å². The van der Waals surface area contributed by atoms with Gasteiger partial charge in [-0.25, -0.2) is 0 Å². The molecule has 3 heteroatoms. The van der Waals surface area contributed by atoms with Crippen molar-refractivity contribution >= 4 is 11.3 Å². The molecule has 108 valence electrons. The number of thiophene rings is 1. The Labute approximate surface area is 125 Å². The number of nitrogens with one attached hydrogen (secondary N) is 1. The van der Waals surface area contributed by atoms with E-state index < -0.39 is 0 Å². The molecule has 0 saturated heterocycles. The Kier molecular flexibility index (Phi) is 5.21. The summed E-state index contributed by atoms with van der Waals surface area (Å²) >= 11 is 1.76. The summed E-state index contributed by atoms with van der Waals surface area (Å²) in [4.78, 5) is 0. The van der Waals surface area contributed by atoms with Gasteiger partial charge in [0, 0.05) is 17.6 Å². The van der Waals surface area contributed by atoms with Crippen molar-refractivity contribution in [2.24, 2.45) is 0 Å². The van der Waals surface area contributed by atoms with E-state index in [-0.39, 0.29) is 6.04 Å². The molecule has 0 radical (unpaired) electrons. The van der Waals surface area contributed by atoms with Gasteiger partial charge in [-0.2, -0.15) is 11.3 Å². The van der Waals surface area contributed by atoms with Crippen molar-refractivity contribution in [3.8, 4) is 5.75 Å². The first-order valence-corrected chi connectivity index (χ1v) is 7.96. The molecule has 0 amide bonds. The van der Waals surface area contributed by atoms with E-state index in [0.29, 0.717) is 6.04 Å². The molecule has 20 heavy (non-hydrogen) atoms. The van der Waals surface area contributed by atoms with Crippen LogP contribution in [-0.2, 0) is 6.42 Å². The van der Waals surface area contributed by atoms with Crippen molar-refractivity contribution in [3.63, 3.8) is 0 Å². The summed E-state index contributed by atoms with van der Waals surface area (Å²) in [6.07, 6.45) is 1.06. The number of rotatable bonds is 6. The van der Waals surface area contributed by atoms with Gasteiger partial charge in [0.2, 0.25) is 0 Å². The van der Waals surface area contributed by atoms with E-state index in [2.05, 4.69) is 61.1 Å². The first kappa shape index (κ1) is 15.1. The van der Waals surface area contributed by atoms with E-state index in [4.69, 9.17) is 4.74 Å². The zero-order valence-corrected chi connectivity index (χ0v) is 13.5. The minimum atomic E-state index is 0.277. The molecule has 0 aliphatic carbocycles. The number of methoxy groups -OCH3 is 1. The van der Waals surface area contributed by atoms with Gasteiger partial charge in [-0.05, 0) is 61.2 Å². The Morgan fingerprint density at radius 2 is 2.05 bits per heavy atom. The maximum atomic E-state index is 5.50. The Hall–Kier alpha value is -1.32. The smallest absolute Gasteiger partial charge is 0.123 e. The van der Waals surface area contributed by atoms with Crippen LogP contribution in [0.25, 0.3) is 0 Å². The second-order valence-corrected chi connectivity index (χ2v) is 6.15. The van der Waals surface area contributed by atoms with Gasteiger partial charge < -0.3 is 10.1 Å². The van der Waals surface area contributed by atoms with E-state index in [9.17, 15) is 0 Å². The number of hydrogen-bond acceptors (Lipinski definition) is 3. The minimum Gasteiger partial charge on any atom is -0.496 e. The Morgan fingerprint density at radius 1 is 1.25 bits per heavy atom. The number of benzene rings is 1. The maximum Gasteiger partial charge on any atom is 0.123 e. The quantitative estimate of drug-likeness (QED) is 0.853. The zero-order chi connectivity index (χ0) is 14.5. The normalized spacial score (nSPS) is 14.0. The Balaban J connectivity index is 2.02. The molecule has 0 aliphatic rings. The summed E-state index contributed by atoms with van der Waals surface area (Å²) in [6, 6.07) is 9.30. The number of hydrogen-bond donors (Lipinski definition) is 1. The topological polar surface area (TPSA) is 21.3 Å². The second kappa shape index (κ2) is 6.91. The summed E-state index contributed by atoms with van der Waals surface area (Å²) in [5, 5.41) is 8.00. The SMILES string of the molecule is COc1cc(C)ccc1C(C)NC(C)Cc1ccsc1. The molecule has 1 heterocycles. The first-order chi connectivity index (χ1) is 9.60. The molecule has 1 N–H and O–H groups in total. The Morgan fingerprint density at radius 3 is 2.70 bits per heavy atom. The standard InChI is InChI=1S/C17H23NOS/c1-12-5-6-16(17(9-12)19-4)14(3)18-13(2)10-15-7-8-20-11-15/h5-9,11,13-14,18H,10H2,1-4H3. The first-order valence-electron chi connectivity index (χ1n) is 7.02. The van der Waals surface area contributed by atoms with Crippen LogP contribution in [0.4, 0.5) is 0 Å². The average molecular weight is 289 g/mol. The van der Waals surface area contributed by atoms with E-state index in [1.165, 1.54) is 16.7 Å². The van der Waals surface area contributed by atoms with Crippen LogP contribution in [0.3, 0.4) is 0 Å². The molecule has 1 aromatic carbocycles. The third kappa shape index (κ3) is 3.84. The molecule has 0 spiro atoms. The summed E-state index contributed by atoms with van der Waals surface area (Å²) in [7, 11) is 1.74. The van der Waals surface area contributed by atoms with Crippen LogP contribution in [-0.4, -0.2) is 13.2 Å². The maximum absolute atomic E-state index is 5.50. The van der Waals surface area contributed by atoms with E-state index in [0.717, 1.165) is 12.2 Å². The molecule has 0 bridgehead atoms. The van der Waals surface area contributed by atoms with Gasteiger partial charge in [-0.3, -0.25) is 0 Å². The highest BCUT2D eigenvalue weighted by atomic mass is 32.1. The molecule has 2 nitrogen and oxygen atoms in total. The van der Waals surface area contributed by atoms with Gasteiger partial charge >= 0.3 is 0 Å². The highest BCUT2D eigenvalue weighted by Gasteiger charge is 2.14. The molecule has 2 aromatic rings. The summed E-state index contributed by atoms with van der Waals surface area (Å²) in [5.74, 6) is 0.965. The van der Waals surface area contributed by atoms with Crippen molar-refractivity contribution in [3.05, 3.63) is 51.7 Å². The second-order valence-electron chi connectivity index (χ2n) is 5.37. The molecular weight excluding hydrogens is 266 g/mol. The molecule has 2 unspecified atom stereocenters. The average Bonchev–Trinajstić information content (AvgIpc) is 2.90. The zero-order valence-electron chi connectivity index (χ0n) is 12.6. The molecule has 1 aromatic heterocycles. The number of aryl methyl sites for hydroxylation is 1. The molecule has 2 rings (SSSR count). The summed E-state index contributed by atoms with van der Waals surface area (Å²) in [6.45, 7) is 6.51. The lowest BCUT2D eigenvalue weighted by molar-refractivity contribution is 0.395. The Bertz CT molecular complexity index is 536. The summed E-state index contributed by atoms with van der Waals surface area (Å²) < 4.78 is 5.50. The largest absolute Gasteiger partial charge is 0.496 e. The lowest BCUT2D eigenvalue weighted by atomic mass is 10.0. The molecule has 0 aliphatic heterocycles. The lowest BCUT2D eigenvalue weighted by Gasteiger charge is -2.22. The number of ether oxygens (including phenoxy) is 1. The molecule has 0 fully saturated rings. The van der Waals surface area contributed by atoms with Crippen LogP contribution in [0.15, 0.2) is 35.0 Å². The van der Waals surface area contributed by atoms with E-state index in [1.807, 2.05) is 0 Å². The van der Waals surface area contributed by atoms with Gasteiger partial charge in [0.25, 0.3) is 0 Å². The van der Waals surface area contributed by atoms with Crippen LogP contribution >= 0.6 is 11.3 Å². The van der Waals surface area contributed by atoms with Crippen LogP contribution in [0.2, 0.25) is 0 Å². The monoisotopic (exact) mass is 289 g/mol. The van der Waals surface area contributed by atoms with Crippen LogP contribution in [0.5, 0.6) is 5.75 Å². The lowest BCUT2D eigenvalue weighted by Crippen LogP contribution is -2.30. The van der Waals surface area contributed by atoms with Crippen LogP contribution in [0.1, 0.15) is 36.6 Å². The molecule has 2 atom stereocenters. The van der Waals surface area contributed by atoms with Crippen LogP contribution in [0, 0.1) is 6.92 Å². The summed E-state index contributed by atoms with van der Waals surface area (Å²) in [5.41, 5.74) is 3.84. The van der Waals surface area contributed by atoms with E-state index in [1.54, 1.807) is 18.4 Å². The van der Waals surface area contributed by atoms with Crippen molar-refractivity contribution in [1.82, 2.24) is 5.32 Å². The van der Waals surface area contributed by atoms with Crippen molar-refractivity contribution in [2.45, 2.75) is 39.3 Å². The fraction of sp³-hybridized carbons (Fsp3) is 0.412. The minimum absolute atomic E-state index is 0.277. The van der Waals surface area contributed by atoms with Crippen molar-refractivity contribution < 1.29 is 4.74 Å². The van der Waals surface area contributed by atoms with Gasteiger partial charge in [-0.15, -0.1) is 0 Å². The third-order valence-electron chi connectivity index (χ3n) is 3.51. The van der Waals surface area contributed by atoms with Gasteiger partial charge in [0.05, 0.1) is 7.11 Å². The fourth-order valence-electron chi connectivity index (χ4n) is 2.51. The molecule has 0 saturated carbocycles. The van der Waals surface area contributed by atoms with Gasteiger partial charge in [-0.1, -0.05) is 12.1 Å².